The Labute approximate surface area is 328 Å². The van der Waals surface area contributed by atoms with Crippen LogP contribution >= 0.6 is 0 Å². The van der Waals surface area contributed by atoms with Gasteiger partial charge in [-0.15, -0.1) is 0 Å². The molecule has 3 heterocycles. The van der Waals surface area contributed by atoms with E-state index in [1.54, 1.807) is 32.9 Å². The second-order valence-electron chi connectivity index (χ2n) is 15.9. The summed E-state index contributed by atoms with van der Waals surface area (Å²) in [7, 11) is 2.86. The molecule has 2 saturated heterocycles. The molecule has 55 heavy (non-hydrogen) atoms. The molecule has 312 valence electrons. The number of aliphatic hydroxyl groups excluding tert-OH is 4. The maximum absolute atomic E-state index is 13.8. The lowest BCUT2D eigenvalue weighted by Crippen LogP contribution is -2.59. The SMILES string of the molecule is C/C=C/C=C/[C@H]1O[C@@](O)([C@@H](C)[C@H](O)C(C)[C@H]2OC(=O)/C(OC)=C/C(C)=C\[C@@H](C)[C@@H](O)[C@@H](C)C/C(C)=C\C=C/[C@@H]2OC)C[C@@H](O[C@@H]2C[C@@H](O)[C@H](O)[C@@H](C)O2)[C@@H]1C. The van der Waals surface area contributed by atoms with Crippen LogP contribution in [0.4, 0.5) is 0 Å². The number of ether oxygens (including phenoxy) is 6. The lowest BCUT2D eigenvalue weighted by molar-refractivity contribution is -0.339. The van der Waals surface area contributed by atoms with Crippen LogP contribution in [0.5, 0.6) is 0 Å². The summed E-state index contributed by atoms with van der Waals surface area (Å²) in [6.07, 6.45) is 8.29. The van der Waals surface area contributed by atoms with Crippen LogP contribution in [-0.4, -0.2) is 113 Å². The minimum atomic E-state index is -1.92. The smallest absolute Gasteiger partial charge is 0.373 e. The molecule has 16 atom stereocenters. The van der Waals surface area contributed by atoms with E-state index in [1.807, 2.05) is 84.1 Å². The van der Waals surface area contributed by atoms with E-state index in [0.29, 0.717) is 12.0 Å². The Hall–Kier alpha value is -2.65. The van der Waals surface area contributed by atoms with E-state index in [2.05, 4.69) is 0 Å². The molecule has 1 unspecified atom stereocenters. The normalized spacial score (nSPS) is 42.6. The van der Waals surface area contributed by atoms with Crippen LogP contribution < -0.4 is 0 Å². The summed E-state index contributed by atoms with van der Waals surface area (Å²) in [5.41, 5.74) is 1.74. The molecule has 0 amide bonds. The Morgan fingerprint density at radius 1 is 1.04 bits per heavy atom. The zero-order valence-corrected chi connectivity index (χ0v) is 34.6. The van der Waals surface area contributed by atoms with E-state index in [9.17, 15) is 30.3 Å². The highest BCUT2D eigenvalue weighted by Crippen LogP contribution is 2.42. The number of esters is 1. The van der Waals surface area contributed by atoms with Gasteiger partial charge >= 0.3 is 5.97 Å². The minimum Gasteiger partial charge on any atom is -0.490 e. The second-order valence-corrected chi connectivity index (χ2v) is 15.9. The second kappa shape index (κ2) is 21.2. The standard InChI is InChI=1S/C43H68O12/c1-12-13-14-17-33-28(6)36(53-37-22-32(44)40(47)31(9)52-37)23-43(49,55-33)30(8)39(46)29(7)41-34(50-10)18-15-16-24(2)19-26(4)38(45)27(5)20-25(3)21-35(51-11)42(48)54-41/h12-18,20-21,26-34,36-41,44-47,49H,19,22-23H2,1-11H3/b13-12+,17-14+,18-15-,24-16-,25-20-,35-21-/t26-,27+,28+,29?,30-,31+,32+,33+,34-,36+,37+,38-,39+,40+,41+,43+/m0/s1. The lowest BCUT2D eigenvalue weighted by atomic mass is 9.77. The fourth-order valence-corrected chi connectivity index (χ4v) is 7.76. The van der Waals surface area contributed by atoms with Crippen molar-refractivity contribution in [1.29, 1.82) is 0 Å². The van der Waals surface area contributed by atoms with Crippen LogP contribution in [0.2, 0.25) is 0 Å². The first-order valence-electron chi connectivity index (χ1n) is 19.6. The third kappa shape index (κ3) is 12.4. The number of rotatable bonds is 10. The van der Waals surface area contributed by atoms with Crippen LogP contribution in [-0.2, 0) is 33.2 Å². The van der Waals surface area contributed by atoms with Gasteiger partial charge in [-0.05, 0) is 46.1 Å². The predicted octanol–water partition coefficient (Wildman–Crippen LogP) is 5.05. The Balaban J connectivity index is 2.00. The van der Waals surface area contributed by atoms with Crippen LogP contribution in [0.3, 0.4) is 0 Å². The van der Waals surface area contributed by atoms with Crippen LogP contribution in [0.15, 0.2) is 71.6 Å². The van der Waals surface area contributed by atoms with Crippen molar-refractivity contribution in [3.8, 4) is 0 Å². The average Bonchev–Trinajstić information content (AvgIpc) is 3.13. The molecule has 3 aliphatic heterocycles. The molecule has 0 aliphatic carbocycles. The molecule has 0 aromatic heterocycles. The predicted molar refractivity (Wildman–Crippen MR) is 209 cm³/mol. The molecule has 0 saturated carbocycles. The van der Waals surface area contributed by atoms with Crippen molar-refractivity contribution in [2.45, 2.75) is 149 Å². The number of hydrogen-bond donors (Lipinski definition) is 5. The number of carbonyl (C=O) groups excluding carboxylic acids is 1. The number of aliphatic hydroxyl groups is 5. The molecule has 5 N–H and O–H groups in total. The van der Waals surface area contributed by atoms with Gasteiger partial charge < -0.3 is 54.0 Å². The van der Waals surface area contributed by atoms with Crippen molar-refractivity contribution in [2.24, 2.45) is 29.6 Å². The number of methoxy groups -OCH3 is 2. The Bertz CT molecular complexity index is 1410. The topological polar surface area (TPSA) is 174 Å². The van der Waals surface area contributed by atoms with Gasteiger partial charge in [-0.2, -0.15) is 0 Å². The van der Waals surface area contributed by atoms with Crippen LogP contribution in [0, 0.1) is 29.6 Å². The first-order valence-corrected chi connectivity index (χ1v) is 19.6. The van der Waals surface area contributed by atoms with E-state index >= 15 is 0 Å². The fraction of sp³-hybridized carbons (Fsp3) is 0.698. The highest BCUT2D eigenvalue weighted by Gasteiger charge is 2.52. The molecule has 3 rings (SSSR count). The number of hydrogen-bond acceptors (Lipinski definition) is 12. The molecule has 0 aromatic carbocycles. The molecular formula is C43H68O12. The summed E-state index contributed by atoms with van der Waals surface area (Å²) in [4.78, 5) is 13.8. The third-order valence-electron chi connectivity index (χ3n) is 11.4. The number of cyclic esters (lactones) is 1. The highest BCUT2D eigenvalue weighted by molar-refractivity contribution is 5.87. The molecular weight excluding hydrogens is 708 g/mol. The van der Waals surface area contributed by atoms with Crippen molar-refractivity contribution in [3.63, 3.8) is 0 Å². The molecule has 12 heteroatoms. The van der Waals surface area contributed by atoms with Gasteiger partial charge in [0.15, 0.2) is 12.1 Å². The molecule has 0 radical (unpaired) electrons. The summed E-state index contributed by atoms with van der Waals surface area (Å²) >= 11 is 0. The van der Waals surface area contributed by atoms with E-state index in [1.165, 1.54) is 14.2 Å². The van der Waals surface area contributed by atoms with E-state index in [4.69, 9.17) is 28.4 Å². The van der Waals surface area contributed by atoms with E-state index in [-0.39, 0.29) is 36.4 Å². The van der Waals surface area contributed by atoms with Crippen molar-refractivity contribution in [2.75, 3.05) is 14.2 Å². The summed E-state index contributed by atoms with van der Waals surface area (Å²) < 4.78 is 36.1. The molecule has 0 aromatic rings. The maximum atomic E-state index is 13.8. The van der Waals surface area contributed by atoms with Crippen molar-refractivity contribution >= 4 is 5.97 Å². The molecule has 3 aliphatic rings. The zero-order chi connectivity index (χ0) is 41.2. The molecule has 0 bridgehead atoms. The largest absolute Gasteiger partial charge is 0.490 e. The zero-order valence-electron chi connectivity index (χ0n) is 34.6. The maximum Gasteiger partial charge on any atom is 0.373 e. The van der Waals surface area contributed by atoms with Crippen LogP contribution in [0.25, 0.3) is 0 Å². The first-order chi connectivity index (χ1) is 25.9. The number of carbonyl (C=O) groups is 1. The highest BCUT2D eigenvalue weighted by atomic mass is 16.7. The molecule has 0 spiro atoms. The lowest BCUT2D eigenvalue weighted by Gasteiger charge is -2.49. The Morgan fingerprint density at radius 2 is 1.73 bits per heavy atom. The monoisotopic (exact) mass is 776 g/mol. The van der Waals surface area contributed by atoms with Gasteiger partial charge in [-0.3, -0.25) is 0 Å². The van der Waals surface area contributed by atoms with Crippen molar-refractivity contribution < 1.29 is 58.7 Å². The van der Waals surface area contributed by atoms with Gasteiger partial charge in [0.2, 0.25) is 5.76 Å². The minimum absolute atomic E-state index is 0.0349. The molecule has 2 fully saturated rings. The quantitative estimate of drug-likeness (QED) is 0.148. The summed E-state index contributed by atoms with van der Waals surface area (Å²) in [6, 6.07) is 0. The van der Waals surface area contributed by atoms with Gasteiger partial charge in [0.1, 0.15) is 18.3 Å². The Kier molecular flexibility index (Phi) is 18.0. The average molecular weight is 777 g/mol. The van der Waals surface area contributed by atoms with E-state index < -0.39 is 84.8 Å². The molecule has 12 nitrogen and oxygen atoms in total. The van der Waals surface area contributed by atoms with Gasteiger partial charge in [0, 0.05) is 43.6 Å². The van der Waals surface area contributed by atoms with Crippen LogP contribution in [0.1, 0.15) is 81.6 Å². The Morgan fingerprint density at radius 3 is 2.35 bits per heavy atom. The summed E-state index contributed by atoms with van der Waals surface area (Å²) in [5, 5.41) is 56.1. The fourth-order valence-electron chi connectivity index (χ4n) is 7.76. The first kappa shape index (κ1) is 46.7. The van der Waals surface area contributed by atoms with Crippen molar-refractivity contribution in [1.82, 2.24) is 0 Å². The summed E-state index contributed by atoms with van der Waals surface area (Å²) in [5.74, 6) is -5.04. The van der Waals surface area contributed by atoms with E-state index in [0.717, 1.165) is 5.57 Å². The van der Waals surface area contributed by atoms with Gasteiger partial charge in [-0.25, -0.2) is 4.79 Å². The van der Waals surface area contributed by atoms with Crippen molar-refractivity contribution in [3.05, 3.63) is 71.6 Å². The third-order valence-corrected chi connectivity index (χ3v) is 11.4. The number of allylic oxidation sites excluding steroid dienone is 8. The van der Waals surface area contributed by atoms with Gasteiger partial charge in [0.05, 0.1) is 43.7 Å². The van der Waals surface area contributed by atoms with Gasteiger partial charge in [0.25, 0.3) is 0 Å². The van der Waals surface area contributed by atoms with Gasteiger partial charge in [-0.1, -0.05) is 94.4 Å². The summed E-state index contributed by atoms with van der Waals surface area (Å²) in [6.45, 7) is 16.6.